The quantitative estimate of drug-likeness (QED) is 0.590. The Morgan fingerprint density at radius 1 is 1.09 bits per heavy atom. The van der Waals surface area contributed by atoms with Crippen LogP contribution in [0.4, 0.5) is 0 Å². The summed E-state index contributed by atoms with van der Waals surface area (Å²) < 4.78 is 4.95. The van der Waals surface area contributed by atoms with Crippen molar-refractivity contribution in [2.75, 3.05) is 0 Å². The van der Waals surface area contributed by atoms with Crippen molar-refractivity contribution >= 4 is 29.1 Å². The second-order valence-corrected chi connectivity index (χ2v) is 5.64. The molecule has 1 unspecified atom stereocenters. The number of amides is 2. The van der Waals surface area contributed by atoms with Crippen molar-refractivity contribution in [1.29, 1.82) is 0 Å². The van der Waals surface area contributed by atoms with Crippen LogP contribution in [0.25, 0.3) is 0 Å². The van der Waals surface area contributed by atoms with Crippen molar-refractivity contribution in [3.05, 3.63) is 60.1 Å². The van der Waals surface area contributed by atoms with Gasteiger partial charge in [0.1, 0.15) is 0 Å². The number of hydrogen-bond acceptors (Lipinski definition) is 4. The van der Waals surface area contributed by atoms with Crippen LogP contribution in [0, 0.1) is 5.92 Å². The van der Waals surface area contributed by atoms with E-state index in [0.29, 0.717) is 0 Å². The molecule has 1 aliphatic rings. The fraction of sp³-hybridized carbons (Fsp3) is 0.188. The minimum Gasteiger partial charge on any atom is -0.459 e. The van der Waals surface area contributed by atoms with Crippen LogP contribution < -0.4 is 16.2 Å². The molecule has 1 heterocycles. The molecule has 118 valence electrons. The number of hydrazine groups is 1. The van der Waals surface area contributed by atoms with Crippen molar-refractivity contribution < 1.29 is 14.0 Å². The Kier molecular flexibility index (Phi) is 4.38. The van der Waals surface area contributed by atoms with E-state index in [-0.39, 0.29) is 28.6 Å². The Morgan fingerprint density at radius 2 is 1.87 bits per heavy atom. The second kappa shape index (κ2) is 6.62. The van der Waals surface area contributed by atoms with Crippen LogP contribution in [0.3, 0.4) is 0 Å². The van der Waals surface area contributed by atoms with E-state index < -0.39 is 5.91 Å². The molecule has 2 aromatic rings. The number of thiocarbonyl (C=S) groups is 1. The van der Waals surface area contributed by atoms with Crippen LogP contribution in [-0.2, 0) is 4.79 Å². The van der Waals surface area contributed by atoms with Gasteiger partial charge in [0.05, 0.1) is 6.26 Å². The number of carbonyl (C=O) groups is 2. The van der Waals surface area contributed by atoms with E-state index in [9.17, 15) is 9.59 Å². The average Bonchev–Trinajstić information content (AvgIpc) is 3.18. The zero-order valence-electron chi connectivity index (χ0n) is 12.1. The summed E-state index contributed by atoms with van der Waals surface area (Å²) in [5.74, 6) is -0.312. The minimum atomic E-state index is -0.477. The van der Waals surface area contributed by atoms with Crippen LogP contribution in [0.15, 0.2) is 53.1 Å². The summed E-state index contributed by atoms with van der Waals surface area (Å²) in [7, 11) is 0. The summed E-state index contributed by atoms with van der Waals surface area (Å²) >= 11 is 4.95. The van der Waals surface area contributed by atoms with Crippen molar-refractivity contribution in [1.82, 2.24) is 16.2 Å². The monoisotopic (exact) mass is 329 g/mol. The Balaban J connectivity index is 1.43. The van der Waals surface area contributed by atoms with Gasteiger partial charge in [-0.25, -0.2) is 0 Å². The molecule has 0 spiro atoms. The van der Waals surface area contributed by atoms with E-state index in [2.05, 4.69) is 16.2 Å². The van der Waals surface area contributed by atoms with Gasteiger partial charge >= 0.3 is 0 Å². The van der Waals surface area contributed by atoms with E-state index in [1.807, 2.05) is 30.3 Å². The fourth-order valence-corrected chi connectivity index (χ4v) is 2.51. The molecule has 0 radical (unpaired) electrons. The third-order valence-corrected chi connectivity index (χ3v) is 3.83. The number of nitrogens with one attached hydrogen (secondary N) is 3. The standard InChI is InChI=1S/C16H15N3O3S/c20-14(12-9-11(12)10-5-2-1-3-6-10)18-19-16(23)17-15(21)13-7-4-8-22-13/h1-8,11-12H,9H2,(H,18,20)(H2,17,19,21,23)/t11-,12?/m0/s1. The number of hydrogen-bond donors (Lipinski definition) is 3. The number of benzene rings is 1. The largest absolute Gasteiger partial charge is 0.459 e. The summed E-state index contributed by atoms with van der Waals surface area (Å²) in [6.07, 6.45) is 2.20. The summed E-state index contributed by atoms with van der Waals surface area (Å²) in [4.78, 5) is 23.7. The van der Waals surface area contributed by atoms with Crippen LogP contribution in [0.1, 0.15) is 28.5 Å². The first-order chi connectivity index (χ1) is 11.1. The van der Waals surface area contributed by atoms with Gasteiger partial charge in [-0.2, -0.15) is 0 Å². The Hall–Kier alpha value is -2.67. The highest BCUT2D eigenvalue weighted by Crippen LogP contribution is 2.47. The molecule has 3 N–H and O–H groups in total. The Morgan fingerprint density at radius 3 is 2.57 bits per heavy atom. The van der Waals surface area contributed by atoms with Gasteiger partial charge in [-0.15, -0.1) is 0 Å². The van der Waals surface area contributed by atoms with Gasteiger partial charge in [-0.05, 0) is 42.3 Å². The summed E-state index contributed by atoms with van der Waals surface area (Å²) in [6, 6.07) is 13.0. The molecule has 0 aliphatic heterocycles. The molecule has 0 saturated heterocycles. The summed E-state index contributed by atoms with van der Waals surface area (Å²) in [6.45, 7) is 0. The van der Waals surface area contributed by atoms with E-state index in [4.69, 9.17) is 16.6 Å². The van der Waals surface area contributed by atoms with Gasteiger partial charge in [0, 0.05) is 5.92 Å². The lowest BCUT2D eigenvalue weighted by Gasteiger charge is -2.10. The third-order valence-electron chi connectivity index (χ3n) is 3.63. The number of carbonyl (C=O) groups excluding carboxylic acids is 2. The molecule has 2 atom stereocenters. The maximum absolute atomic E-state index is 12.0. The normalized spacial score (nSPS) is 18.8. The molecular weight excluding hydrogens is 314 g/mol. The van der Waals surface area contributed by atoms with Crippen LogP contribution in [0.2, 0.25) is 0 Å². The lowest BCUT2D eigenvalue weighted by atomic mass is 10.1. The molecule has 23 heavy (non-hydrogen) atoms. The Labute approximate surface area is 138 Å². The van der Waals surface area contributed by atoms with E-state index >= 15 is 0 Å². The van der Waals surface area contributed by atoms with Crippen LogP contribution in [0.5, 0.6) is 0 Å². The number of rotatable bonds is 3. The van der Waals surface area contributed by atoms with Crippen molar-refractivity contribution in [2.24, 2.45) is 5.92 Å². The molecule has 3 rings (SSSR count). The Bertz CT molecular complexity index is 715. The smallest absolute Gasteiger partial charge is 0.293 e. The topological polar surface area (TPSA) is 83.4 Å². The van der Waals surface area contributed by atoms with E-state index in [0.717, 1.165) is 12.0 Å². The third kappa shape index (κ3) is 3.75. The van der Waals surface area contributed by atoms with E-state index in [1.54, 1.807) is 6.07 Å². The predicted molar refractivity (Wildman–Crippen MR) is 87.3 cm³/mol. The highest BCUT2D eigenvalue weighted by molar-refractivity contribution is 7.80. The molecule has 0 bridgehead atoms. The van der Waals surface area contributed by atoms with Gasteiger partial charge in [0.15, 0.2) is 10.9 Å². The molecule has 7 heteroatoms. The average molecular weight is 329 g/mol. The SMILES string of the molecule is O=C(NC(=S)NNC(=O)C1C[C@H]1c1ccccc1)c1ccco1. The van der Waals surface area contributed by atoms with Crippen molar-refractivity contribution in [2.45, 2.75) is 12.3 Å². The predicted octanol–water partition coefficient (Wildman–Crippen LogP) is 1.72. The lowest BCUT2D eigenvalue weighted by molar-refractivity contribution is -0.123. The summed E-state index contributed by atoms with van der Waals surface area (Å²) in [5.41, 5.74) is 6.20. The van der Waals surface area contributed by atoms with Crippen LogP contribution >= 0.6 is 12.2 Å². The van der Waals surface area contributed by atoms with E-state index in [1.165, 1.54) is 12.3 Å². The lowest BCUT2D eigenvalue weighted by Crippen LogP contribution is -2.49. The first kappa shape index (κ1) is 15.2. The maximum Gasteiger partial charge on any atom is 0.293 e. The molecule has 2 amide bonds. The molecule has 1 aromatic heterocycles. The second-order valence-electron chi connectivity index (χ2n) is 5.23. The van der Waals surface area contributed by atoms with Gasteiger partial charge in [0.2, 0.25) is 5.91 Å². The number of furan rings is 1. The minimum absolute atomic E-state index is 0.0108. The maximum atomic E-state index is 12.0. The first-order valence-corrected chi connectivity index (χ1v) is 7.55. The fourth-order valence-electron chi connectivity index (χ4n) is 2.37. The molecule has 6 nitrogen and oxygen atoms in total. The van der Waals surface area contributed by atoms with Crippen LogP contribution in [-0.4, -0.2) is 16.9 Å². The van der Waals surface area contributed by atoms with Gasteiger partial charge in [-0.3, -0.25) is 25.8 Å². The van der Waals surface area contributed by atoms with Gasteiger partial charge in [-0.1, -0.05) is 30.3 Å². The zero-order chi connectivity index (χ0) is 16.2. The molecule has 1 aromatic carbocycles. The molecular formula is C16H15N3O3S. The zero-order valence-corrected chi connectivity index (χ0v) is 12.9. The highest BCUT2D eigenvalue weighted by atomic mass is 32.1. The van der Waals surface area contributed by atoms with Gasteiger partial charge < -0.3 is 4.42 Å². The van der Waals surface area contributed by atoms with Crippen molar-refractivity contribution in [3.63, 3.8) is 0 Å². The molecule has 1 aliphatic carbocycles. The van der Waals surface area contributed by atoms with Gasteiger partial charge in [0.25, 0.3) is 5.91 Å². The molecule has 1 saturated carbocycles. The molecule has 1 fully saturated rings. The first-order valence-electron chi connectivity index (χ1n) is 7.15. The van der Waals surface area contributed by atoms with Crippen molar-refractivity contribution in [3.8, 4) is 0 Å². The highest BCUT2D eigenvalue weighted by Gasteiger charge is 2.43. The summed E-state index contributed by atoms with van der Waals surface area (Å²) in [5, 5.41) is 2.42.